The van der Waals surface area contributed by atoms with Crippen molar-refractivity contribution < 1.29 is 13.2 Å². The molecule has 0 spiro atoms. The van der Waals surface area contributed by atoms with Crippen molar-refractivity contribution in [2.75, 3.05) is 10.6 Å². The summed E-state index contributed by atoms with van der Waals surface area (Å²) in [5.74, 6) is 0.922. The molecule has 1 aromatic heterocycles. The summed E-state index contributed by atoms with van der Waals surface area (Å²) in [5.41, 5.74) is 0.699. The quantitative estimate of drug-likeness (QED) is 0.695. The molecule has 0 fully saturated rings. The Bertz CT molecular complexity index is 835. The molecule has 1 heterocycles. The fraction of sp³-hybridized carbons (Fsp3) is 0.111. The summed E-state index contributed by atoms with van der Waals surface area (Å²) in [6.07, 6.45) is -2.77. The fourth-order valence-corrected chi connectivity index (χ4v) is 2.22. The van der Waals surface area contributed by atoms with E-state index >= 15 is 0 Å². The standard InChI is InChI=1S/C18H15F3N4/c19-18(20,21)14-6-4-5-13(11-14)12-23-16-9-10-22-17(25-16)24-15-7-2-1-3-8-15/h1-11H,12H2,(H2,22,23,24,25). The zero-order valence-electron chi connectivity index (χ0n) is 13.1. The second-order valence-electron chi connectivity index (χ2n) is 5.31. The van der Waals surface area contributed by atoms with Crippen molar-refractivity contribution in [1.82, 2.24) is 9.97 Å². The number of hydrogen-bond donors (Lipinski definition) is 2. The Balaban J connectivity index is 1.67. The predicted molar refractivity (Wildman–Crippen MR) is 90.5 cm³/mol. The maximum atomic E-state index is 12.7. The first-order valence-electron chi connectivity index (χ1n) is 7.56. The Kier molecular flexibility index (Phi) is 4.83. The number of benzene rings is 2. The van der Waals surface area contributed by atoms with Gasteiger partial charge >= 0.3 is 6.18 Å². The van der Waals surface area contributed by atoms with Crippen LogP contribution in [0.1, 0.15) is 11.1 Å². The van der Waals surface area contributed by atoms with Gasteiger partial charge in [0.25, 0.3) is 0 Å². The monoisotopic (exact) mass is 344 g/mol. The summed E-state index contributed by atoms with van der Waals surface area (Å²) in [6, 6.07) is 16.3. The SMILES string of the molecule is FC(F)(F)c1cccc(CNc2ccnc(Nc3ccccc3)n2)c1. The molecule has 2 aromatic carbocycles. The van der Waals surface area contributed by atoms with Gasteiger partial charge in [-0.3, -0.25) is 0 Å². The Morgan fingerprint density at radius 1 is 0.920 bits per heavy atom. The van der Waals surface area contributed by atoms with Crippen LogP contribution in [0.2, 0.25) is 0 Å². The van der Waals surface area contributed by atoms with Crippen LogP contribution in [-0.2, 0) is 12.7 Å². The van der Waals surface area contributed by atoms with Crippen molar-refractivity contribution in [2.45, 2.75) is 12.7 Å². The van der Waals surface area contributed by atoms with Crippen molar-refractivity contribution in [3.63, 3.8) is 0 Å². The number of nitrogens with one attached hydrogen (secondary N) is 2. The van der Waals surface area contributed by atoms with Gasteiger partial charge < -0.3 is 10.6 Å². The van der Waals surface area contributed by atoms with E-state index in [1.54, 1.807) is 18.3 Å². The Morgan fingerprint density at radius 3 is 2.48 bits per heavy atom. The molecule has 7 heteroatoms. The smallest absolute Gasteiger partial charge is 0.366 e. The first-order valence-corrected chi connectivity index (χ1v) is 7.56. The van der Waals surface area contributed by atoms with E-state index in [9.17, 15) is 13.2 Å². The van der Waals surface area contributed by atoms with Gasteiger partial charge in [0.1, 0.15) is 5.82 Å². The first kappa shape index (κ1) is 16.8. The minimum atomic E-state index is -4.35. The van der Waals surface area contributed by atoms with E-state index in [1.165, 1.54) is 6.07 Å². The van der Waals surface area contributed by atoms with Gasteiger partial charge in [-0.1, -0.05) is 30.3 Å². The zero-order valence-corrected chi connectivity index (χ0v) is 13.1. The van der Waals surface area contributed by atoms with Crippen molar-refractivity contribution >= 4 is 17.5 Å². The summed E-state index contributed by atoms with van der Waals surface area (Å²) < 4.78 is 38.2. The number of anilines is 3. The molecule has 4 nitrogen and oxygen atoms in total. The van der Waals surface area contributed by atoms with Gasteiger partial charge in [-0.05, 0) is 35.9 Å². The predicted octanol–water partition coefficient (Wildman–Crippen LogP) is 4.85. The number of rotatable bonds is 5. The number of hydrogen-bond acceptors (Lipinski definition) is 4. The first-order chi connectivity index (χ1) is 12.0. The lowest BCUT2D eigenvalue weighted by Crippen LogP contribution is -2.07. The van der Waals surface area contributed by atoms with E-state index in [2.05, 4.69) is 20.6 Å². The van der Waals surface area contributed by atoms with Crippen molar-refractivity contribution in [2.24, 2.45) is 0 Å². The molecule has 0 saturated carbocycles. The highest BCUT2D eigenvalue weighted by Gasteiger charge is 2.30. The van der Waals surface area contributed by atoms with Gasteiger partial charge in [-0.15, -0.1) is 0 Å². The lowest BCUT2D eigenvalue weighted by Gasteiger charge is -2.10. The topological polar surface area (TPSA) is 49.8 Å². The van der Waals surface area contributed by atoms with Crippen LogP contribution < -0.4 is 10.6 Å². The normalized spacial score (nSPS) is 11.2. The molecule has 25 heavy (non-hydrogen) atoms. The van der Waals surface area contributed by atoms with Crippen LogP contribution >= 0.6 is 0 Å². The number of halogens is 3. The van der Waals surface area contributed by atoms with Gasteiger partial charge in [0.15, 0.2) is 0 Å². The summed E-state index contributed by atoms with van der Waals surface area (Å²) in [6.45, 7) is 0.228. The van der Waals surface area contributed by atoms with Crippen LogP contribution in [0.25, 0.3) is 0 Å². The van der Waals surface area contributed by atoms with Crippen molar-refractivity contribution in [3.05, 3.63) is 78.0 Å². The molecule has 128 valence electrons. The summed E-state index contributed by atoms with van der Waals surface area (Å²) in [4.78, 5) is 8.42. The molecule has 0 amide bonds. The molecule has 0 aliphatic heterocycles. The lowest BCUT2D eigenvalue weighted by atomic mass is 10.1. The van der Waals surface area contributed by atoms with E-state index in [1.807, 2.05) is 30.3 Å². The van der Waals surface area contributed by atoms with Crippen LogP contribution in [0.3, 0.4) is 0 Å². The average molecular weight is 344 g/mol. The largest absolute Gasteiger partial charge is 0.416 e. The van der Waals surface area contributed by atoms with E-state index in [4.69, 9.17) is 0 Å². The average Bonchev–Trinajstić information content (AvgIpc) is 2.61. The molecule has 0 unspecified atom stereocenters. The lowest BCUT2D eigenvalue weighted by molar-refractivity contribution is -0.137. The Labute approximate surface area is 142 Å². The van der Waals surface area contributed by atoms with Gasteiger partial charge in [-0.25, -0.2) is 4.98 Å². The second-order valence-corrected chi connectivity index (χ2v) is 5.31. The van der Waals surface area contributed by atoms with E-state index < -0.39 is 11.7 Å². The van der Waals surface area contributed by atoms with Gasteiger partial charge in [0.05, 0.1) is 5.56 Å². The third kappa shape index (κ3) is 4.69. The van der Waals surface area contributed by atoms with Crippen molar-refractivity contribution in [3.8, 4) is 0 Å². The van der Waals surface area contributed by atoms with Gasteiger partial charge in [-0.2, -0.15) is 18.2 Å². The molecular weight excluding hydrogens is 329 g/mol. The van der Waals surface area contributed by atoms with E-state index in [-0.39, 0.29) is 6.54 Å². The molecule has 0 aliphatic carbocycles. The molecule has 0 atom stereocenters. The molecule has 0 bridgehead atoms. The fourth-order valence-electron chi connectivity index (χ4n) is 2.22. The molecule has 0 saturated heterocycles. The third-order valence-corrected chi connectivity index (χ3v) is 3.41. The Hall–Kier alpha value is -3.09. The summed E-state index contributed by atoms with van der Waals surface area (Å²) in [7, 11) is 0. The van der Waals surface area contributed by atoms with Gasteiger partial charge in [0.2, 0.25) is 5.95 Å². The van der Waals surface area contributed by atoms with Crippen LogP contribution in [0.5, 0.6) is 0 Å². The van der Waals surface area contributed by atoms with E-state index in [0.717, 1.165) is 17.8 Å². The zero-order chi connectivity index (χ0) is 17.7. The number of para-hydroxylation sites is 1. The highest BCUT2D eigenvalue weighted by Crippen LogP contribution is 2.29. The second kappa shape index (κ2) is 7.21. The van der Waals surface area contributed by atoms with E-state index in [0.29, 0.717) is 17.3 Å². The summed E-state index contributed by atoms with van der Waals surface area (Å²) in [5, 5.41) is 6.07. The highest BCUT2D eigenvalue weighted by molar-refractivity contribution is 5.54. The minimum absolute atomic E-state index is 0.228. The van der Waals surface area contributed by atoms with Crippen LogP contribution in [0, 0.1) is 0 Å². The maximum Gasteiger partial charge on any atom is 0.416 e. The van der Waals surface area contributed by atoms with Crippen LogP contribution in [0.4, 0.5) is 30.6 Å². The number of alkyl halides is 3. The molecule has 3 aromatic rings. The molecular formula is C18H15F3N4. The van der Waals surface area contributed by atoms with Gasteiger partial charge in [0, 0.05) is 18.4 Å². The number of aromatic nitrogens is 2. The molecule has 0 radical (unpaired) electrons. The molecule has 2 N–H and O–H groups in total. The number of nitrogens with zero attached hydrogens (tertiary/aromatic N) is 2. The van der Waals surface area contributed by atoms with Crippen LogP contribution in [-0.4, -0.2) is 9.97 Å². The summed E-state index contributed by atoms with van der Waals surface area (Å²) >= 11 is 0. The van der Waals surface area contributed by atoms with Crippen LogP contribution in [0.15, 0.2) is 66.9 Å². The Morgan fingerprint density at radius 2 is 1.72 bits per heavy atom. The maximum absolute atomic E-state index is 12.7. The molecule has 0 aliphatic rings. The van der Waals surface area contributed by atoms with Crippen molar-refractivity contribution in [1.29, 1.82) is 0 Å². The minimum Gasteiger partial charge on any atom is -0.366 e. The third-order valence-electron chi connectivity index (χ3n) is 3.41. The molecule has 3 rings (SSSR count). The highest BCUT2D eigenvalue weighted by atomic mass is 19.4.